The quantitative estimate of drug-likeness (QED) is 0.0323. The molecule has 0 spiro atoms. The van der Waals surface area contributed by atoms with Crippen molar-refractivity contribution < 1.29 is 46.5 Å². The molecular formula is C65H78F3N15O7. The Morgan fingerprint density at radius 3 is 1.14 bits per heavy atom. The molecule has 9 rings (SSSR count). The van der Waals surface area contributed by atoms with Crippen LogP contribution in [0.3, 0.4) is 0 Å². The van der Waals surface area contributed by atoms with Crippen LogP contribution in [-0.4, -0.2) is 182 Å². The Labute approximate surface area is 521 Å². The first-order valence-corrected chi connectivity index (χ1v) is 29.6. The van der Waals surface area contributed by atoms with E-state index in [0.717, 1.165) is 82.1 Å². The van der Waals surface area contributed by atoms with Crippen LogP contribution in [0.5, 0.6) is 17.2 Å². The van der Waals surface area contributed by atoms with Gasteiger partial charge in [-0.05, 0) is 137 Å². The fourth-order valence-corrected chi connectivity index (χ4v) is 8.71. The van der Waals surface area contributed by atoms with E-state index in [2.05, 4.69) is 77.1 Å². The number of rotatable bonds is 27. The van der Waals surface area contributed by atoms with E-state index in [-0.39, 0.29) is 35.0 Å². The molecule has 2 amide bonds. The Hall–Kier alpha value is -9.43. The molecule has 0 saturated carbocycles. The van der Waals surface area contributed by atoms with Gasteiger partial charge in [0, 0.05) is 131 Å². The van der Waals surface area contributed by atoms with Crippen molar-refractivity contribution in [1.29, 1.82) is 0 Å². The van der Waals surface area contributed by atoms with E-state index in [1.165, 1.54) is 18.6 Å². The lowest BCUT2D eigenvalue weighted by Crippen LogP contribution is -2.37. The molecule has 9 aromatic heterocycles. The molecule has 0 fully saturated rings. The number of amides is 2. The number of nitrogens with two attached hydrogens (primary N) is 1. The number of pyridine rings is 9. The number of aryl methyl sites for hydroxylation is 3. The predicted molar refractivity (Wildman–Crippen MR) is 338 cm³/mol. The molecule has 9 aromatic rings. The van der Waals surface area contributed by atoms with Crippen molar-refractivity contribution in [3.05, 3.63) is 180 Å². The molecule has 0 unspecified atom stereocenters. The fourth-order valence-electron chi connectivity index (χ4n) is 8.71. The number of esters is 1. The van der Waals surface area contributed by atoms with Crippen LogP contribution in [-0.2, 0) is 4.74 Å². The highest BCUT2D eigenvalue weighted by atomic mass is 19.1. The molecule has 476 valence electrons. The van der Waals surface area contributed by atoms with Crippen LogP contribution in [0.4, 0.5) is 13.2 Å². The van der Waals surface area contributed by atoms with Gasteiger partial charge >= 0.3 is 5.97 Å². The molecule has 90 heavy (non-hydrogen) atoms. The van der Waals surface area contributed by atoms with E-state index in [0.29, 0.717) is 89.3 Å². The standard InChI is InChI=1S/2C21H24FN5O2.C12H12N2O2.C11H18FN3O/c2*1-3-27(11-12-29-18-5-4-8-24-20(18)22)10-9-25-21(28)17-7-6-16-14-23-13-15(2)19(16)26-17;1-3-16-12(15)10-5-4-9-7-13-6-8(2)11(9)14-10;1-2-15(7-5-13)8-9-16-10-4-3-6-14-11(10)12/h2*4-8,13-14H,3,9-12H2,1-2H3,(H,25,28);4-7H,3H2,1-2H3;3-4,6H,2,5,7-9,13H2,1H3. The van der Waals surface area contributed by atoms with Gasteiger partial charge in [0.2, 0.25) is 0 Å². The second-order valence-corrected chi connectivity index (χ2v) is 19.9. The van der Waals surface area contributed by atoms with Crippen molar-refractivity contribution in [2.24, 2.45) is 5.73 Å². The molecule has 0 bridgehead atoms. The third-order valence-electron chi connectivity index (χ3n) is 13.7. The Morgan fingerprint density at radius 2 is 0.811 bits per heavy atom. The Kier molecular flexibility index (Phi) is 29.0. The number of halogens is 3. The van der Waals surface area contributed by atoms with Crippen molar-refractivity contribution in [2.45, 2.75) is 48.5 Å². The smallest absolute Gasteiger partial charge is 0.356 e. The van der Waals surface area contributed by atoms with Crippen LogP contribution >= 0.6 is 0 Å². The van der Waals surface area contributed by atoms with E-state index < -0.39 is 17.8 Å². The molecule has 0 aromatic carbocycles. The Morgan fingerprint density at radius 1 is 0.467 bits per heavy atom. The average Bonchev–Trinajstić information content (AvgIpc) is 1.61. The first kappa shape index (κ1) is 69.7. The summed E-state index contributed by atoms with van der Waals surface area (Å²) in [6.45, 7) is 23.2. The SMILES string of the molecule is CCN(CCN)CCOc1cccnc1F.CCN(CCNC(=O)c1ccc2cncc(C)c2n1)CCOc1cccnc1F.CCN(CCNC(=O)c1ccc2cncc(C)c2n1)CCOc1cccnc1F.CCOC(=O)c1ccc2cncc(C)c2n1. The molecule has 0 radical (unpaired) electrons. The third kappa shape index (κ3) is 22.0. The monoisotopic (exact) mass is 1240 g/mol. The Bertz CT molecular complexity index is 3570. The number of nitrogens with zero attached hydrogens (tertiary/aromatic N) is 12. The lowest BCUT2D eigenvalue weighted by molar-refractivity contribution is 0.0519. The van der Waals surface area contributed by atoms with Gasteiger partial charge in [0.15, 0.2) is 17.2 Å². The minimum Gasteiger partial charge on any atom is -0.487 e. The first-order valence-electron chi connectivity index (χ1n) is 29.6. The lowest BCUT2D eigenvalue weighted by Gasteiger charge is -2.20. The van der Waals surface area contributed by atoms with Gasteiger partial charge in [-0.25, -0.2) is 34.7 Å². The van der Waals surface area contributed by atoms with E-state index in [4.69, 9.17) is 24.7 Å². The van der Waals surface area contributed by atoms with Crippen LogP contribution in [0.2, 0.25) is 0 Å². The number of carbonyl (C=O) groups excluding carboxylic acids is 3. The number of likely N-dealkylation sites (N-methyl/N-ethyl adjacent to an activating group) is 3. The molecule has 22 nitrogen and oxygen atoms in total. The van der Waals surface area contributed by atoms with Crippen molar-refractivity contribution in [2.75, 3.05) is 105 Å². The second-order valence-electron chi connectivity index (χ2n) is 19.9. The number of hydrogen-bond acceptors (Lipinski definition) is 20. The molecule has 0 aliphatic heterocycles. The van der Waals surface area contributed by atoms with Crippen LogP contribution in [0.25, 0.3) is 32.7 Å². The van der Waals surface area contributed by atoms with Crippen LogP contribution in [0, 0.1) is 38.6 Å². The number of hydrogen-bond donors (Lipinski definition) is 3. The molecule has 9 heterocycles. The summed E-state index contributed by atoms with van der Waals surface area (Å²) < 4.78 is 61.1. The van der Waals surface area contributed by atoms with Gasteiger partial charge in [-0.15, -0.1) is 0 Å². The third-order valence-corrected chi connectivity index (χ3v) is 13.7. The molecule has 4 N–H and O–H groups in total. The summed E-state index contributed by atoms with van der Waals surface area (Å²) >= 11 is 0. The minimum absolute atomic E-state index is 0.143. The summed E-state index contributed by atoms with van der Waals surface area (Å²) in [4.78, 5) is 78.9. The summed E-state index contributed by atoms with van der Waals surface area (Å²) in [6, 6.07) is 20.2. The maximum Gasteiger partial charge on any atom is 0.356 e. The number of nitrogens with one attached hydrogen (secondary N) is 2. The second kappa shape index (κ2) is 37.4. The van der Waals surface area contributed by atoms with Gasteiger partial charge in [-0.3, -0.25) is 39.2 Å². The van der Waals surface area contributed by atoms with Crippen LogP contribution < -0.4 is 30.6 Å². The largest absolute Gasteiger partial charge is 0.487 e. The molecule has 0 aliphatic rings. The zero-order valence-corrected chi connectivity index (χ0v) is 51.9. The molecule has 0 saturated heterocycles. The average molecular weight is 1240 g/mol. The fraction of sp³-hybridized carbons (Fsp3) is 0.354. The molecular weight excluding hydrogens is 1160 g/mol. The summed E-state index contributed by atoms with van der Waals surface area (Å²) in [5, 5.41) is 8.53. The van der Waals surface area contributed by atoms with Crippen molar-refractivity contribution in [3.8, 4) is 17.2 Å². The number of fused-ring (bicyclic) bond motifs is 3. The summed E-state index contributed by atoms with van der Waals surface area (Å²) in [7, 11) is 0. The highest BCUT2D eigenvalue weighted by Gasteiger charge is 2.15. The van der Waals surface area contributed by atoms with Crippen LogP contribution in [0.1, 0.15) is 75.9 Å². The van der Waals surface area contributed by atoms with E-state index in [1.807, 2.05) is 52.8 Å². The van der Waals surface area contributed by atoms with Crippen LogP contribution in [0.15, 0.2) is 129 Å². The summed E-state index contributed by atoms with van der Waals surface area (Å²) in [5.74, 6) is -2.13. The van der Waals surface area contributed by atoms with Gasteiger partial charge in [0.25, 0.3) is 29.7 Å². The van der Waals surface area contributed by atoms with Gasteiger partial charge in [-0.2, -0.15) is 13.2 Å². The van der Waals surface area contributed by atoms with Crippen molar-refractivity contribution >= 4 is 50.5 Å². The molecule has 25 heteroatoms. The maximum absolute atomic E-state index is 13.5. The maximum atomic E-state index is 13.5. The Balaban J connectivity index is 0.000000198. The van der Waals surface area contributed by atoms with Gasteiger partial charge in [-0.1, -0.05) is 20.8 Å². The zero-order chi connectivity index (χ0) is 64.6. The van der Waals surface area contributed by atoms with Gasteiger partial charge in [0.1, 0.15) is 36.9 Å². The summed E-state index contributed by atoms with van der Waals surface area (Å²) in [6.07, 6.45) is 14.5. The first-order chi connectivity index (χ1) is 43.7. The number of carbonyl (C=O) groups is 3. The topological polar surface area (TPSA) is 264 Å². The van der Waals surface area contributed by atoms with E-state index in [9.17, 15) is 27.6 Å². The van der Waals surface area contributed by atoms with E-state index in [1.54, 1.807) is 98.7 Å². The predicted octanol–water partition coefficient (Wildman–Crippen LogP) is 8.20. The molecule has 0 atom stereocenters. The van der Waals surface area contributed by atoms with E-state index >= 15 is 0 Å². The van der Waals surface area contributed by atoms with Crippen molar-refractivity contribution in [3.63, 3.8) is 0 Å². The lowest BCUT2D eigenvalue weighted by atomic mass is 10.2. The highest BCUT2D eigenvalue weighted by molar-refractivity contribution is 5.96. The van der Waals surface area contributed by atoms with Crippen molar-refractivity contribution in [1.82, 2.24) is 70.2 Å². The zero-order valence-electron chi connectivity index (χ0n) is 51.9. The van der Waals surface area contributed by atoms with Gasteiger partial charge in [0.05, 0.1) is 23.2 Å². The highest BCUT2D eigenvalue weighted by Crippen LogP contribution is 2.19. The summed E-state index contributed by atoms with van der Waals surface area (Å²) in [5.41, 5.74) is 11.7. The van der Waals surface area contributed by atoms with Gasteiger partial charge < -0.3 is 35.3 Å². The molecule has 0 aliphatic carbocycles. The minimum atomic E-state index is -0.614. The normalized spacial score (nSPS) is 10.9. The number of ether oxygens (including phenoxy) is 4. The number of aromatic nitrogens is 9.